The highest BCUT2D eigenvalue weighted by Gasteiger charge is 2.17. The third kappa shape index (κ3) is 4.30. The summed E-state index contributed by atoms with van der Waals surface area (Å²) in [7, 11) is 0. The summed E-state index contributed by atoms with van der Waals surface area (Å²) in [5.41, 5.74) is 2.80. The zero-order valence-corrected chi connectivity index (χ0v) is 18.3. The minimum Gasteiger partial charge on any atom is -0.289 e. The van der Waals surface area contributed by atoms with E-state index in [2.05, 4.69) is 46.6 Å². The average Bonchev–Trinajstić information content (AvgIpc) is 2.90. The Labute approximate surface area is 196 Å². The second kappa shape index (κ2) is 9.43. The second-order valence-electron chi connectivity index (χ2n) is 7.80. The van der Waals surface area contributed by atoms with Crippen LogP contribution < -0.4 is 0 Å². The fourth-order valence-electron chi connectivity index (χ4n) is 3.94. The molecule has 4 nitrogen and oxygen atoms in total. The molecule has 0 radical (unpaired) electrons. The summed E-state index contributed by atoms with van der Waals surface area (Å²) in [5.74, 6) is -0.185. The van der Waals surface area contributed by atoms with Crippen molar-refractivity contribution in [2.24, 2.45) is 10.2 Å². The van der Waals surface area contributed by atoms with Crippen LogP contribution in [0.3, 0.4) is 0 Å². The summed E-state index contributed by atoms with van der Waals surface area (Å²) >= 11 is 0. The quantitative estimate of drug-likeness (QED) is 0.261. The molecule has 0 amide bonds. The summed E-state index contributed by atoms with van der Waals surface area (Å²) in [5, 5.41) is 13.6. The van der Waals surface area contributed by atoms with Crippen molar-refractivity contribution in [1.29, 1.82) is 0 Å². The van der Waals surface area contributed by atoms with Crippen LogP contribution in [0, 0.1) is 0 Å². The molecule has 0 atom stereocenters. The number of hydrogen-bond acceptors (Lipinski definition) is 4. The van der Waals surface area contributed by atoms with Gasteiger partial charge in [0.15, 0.2) is 11.6 Å². The monoisotopic (exact) mass is 440 g/mol. The number of allylic oxidation sites excluding steroid dienone is 2. The van der Waals surface area contributed by atoms with Gasteiger partial charge >= 0.3 is 0 Å². The third-order valence-electron chi connectivity index (χ3n) is 5.64. The van der Waals surface area contributed by atoms with Crippen LogP contribution >= 0.6 is 0 Å². The average molecular weight is 441 g/mol. The van der Waals surface area contributed by atoms with Crippen LogP contribution in [-0.4, -0.2) is 11.6 Å². The first-order chi connectivity index (χ1) is 16.7. The van der Waals surface area contributed by atoms with Crippen LogP contribution in [0.2, 0.25) is 0 Å². The normalized spacial score (nSPS) is 12.6. The van der Waals surface area contributed by atoms with Gasteiger partial charge in [0, 0.05) is 21.9 Å². The van der Waals surface area contributed by atoms with E-state index in [9.17, 15) is 9.59 Å². The van der Waals surface area contributed by atoms with Gasteiger partial charge in [-0.1, -0.05) is 97.1 Å². The van der Waals surface area contributed by atoms with Crippen LogP contribution in [0.4, 0.5) is 11.4 Å². The maximum atomic E-state index is 11.2. The number of azo groups is 1. The van der Waals surface area contributed by atoms with Crippen molar-refractivity contribution in [3.05, 3.63) is 132 Å². The van der Waals surface area contributed by atoms with Crippen LogP contribution in [0.25, 0.3) is 21.5 Å². The lowest BCUT2D eigenvalue weighted by Gasteiger charge is -2.06. The van der Waals surface area contributed by atoms with Crippen molar-refractivity contribution in [3.63, 3.8) is 0 Å². The Morgan fingerprint density at radius 3 is 1.26 bits per heavy atom. The summed E-state index contributed by atoms with van der Waals surface area (Å²) in [4.78, 5) is 22.4. The largest absolute Gasteiger partial charge is 0.289 e. The van der Waals surface area contributed by atoms with Crippen molar-refractivity contribution in [1.82, 2.24) is 0 Å². The lowest BCUT2D eigenvalue weighted by Crippen LogP contribution is -2.10. The van der Waals surface area contributed by atoms with Gasteiger partial charge in [0.1, 0.15) is 0 Å². The number of nitrogens with zero attached hydrogens (tertiary/aromatic N) is 2. The molecule has 0 aromatic heterocycles. The van der Waals surface area contributed by atoms with Gasteiger partial charge < -0.3 is 0 Å². The van der Waals surface area contributed by atoms with Crippen LogP contribution in [-0.2, 0) is 0 Å². The molecule has 0 unspecified atom stereocenters. The second-order valence-corrected chi connectivity index (χ2v) is 7.80. The minimum atomic E-state index is -0.0924. The van der Waals surface area contributed by atoms with E-state index in [1.165, 1.54) is 22.9 Å². The number of ketones is 2. The predicted molar refractivity (Wildman–Crippen MR) is 136 cm³/mol. The van der Waals surface area contributed by atoms with Crippen LogP contribution in [0.5, 0.6) is 0 Å². The van der Waals surface area contributed by atoms with Crippen molar-refractivity contribution < 1.29 is 9.59 Å². The first kappa shape index (κ1) is 21.2. The van der Waals surface area contributed by atoms with Crippen molar-refractivity contribution in [3.8, 4) is 0 Å². The van der Waals surface area contributed by atoms with E-state index in [1.54, 1.807) is 24.3 Å². The Kier molecular flexibility index (Phi) is 5.87. The van der Waals surface area contributed by atoms with Crippen LogP contribution in [0.15, 0.2) is 132 Å². The molecule has 0 heterocycles. The highest BCUT2D eigenvalue weighted by atomic mass is 16.1. The standard InChI is InChI=1S/C20H14N2.C10H6O2/c1-3-11-17-15(7-1)9-5-13-19(17)21-22-20-14-6-10-16-8-2-4-12-18(16)20;11-9-5-6-10(12)8-4-2-1-3-7(8)9/h1-14H;1-6H. The Morgan fingerprint density at radius 2 is 0.794 bits per heavy atom. The molecular formula is C30H20N2O2. The maximum Gasteiger partial charge on any atom is 0.186 e. The Hall–Kier alpha value is -4.70. The lowest BCUT2D eigenvalue weighted by molar-refractivity contribution is 0.0994. The van der Waals surface area contributed by atoms with Gasteiger partial charge in [0.05, 0.1) is 11.4 Å². The van der Waals surface area contributed by atoms with Crippen molar-refractivity contribution >= 4 is 44.5 Å². The topological polar surface area (TPSA) is 58.9 Å². The Morgan fingerprint density at radius 1 is 0.412 bits per heavy atom. The van der Waals surface area contributed by atoms with Gasteiger partial charge in [-0.3, -0.25) is 9.59 Å². The summed E-state index contributed by atoms with van der Waals surface area (Å²) in [6.07, 6.45) is 2.62. The molecule has 1 aliphatic carbocycles. The molecule has 6 rings (SSSR count). The highest BCUT2D eigenvalue weighted by molar-refractivity contribution is 6.21. The van der Waals surface area contributed by atoms with E-state index in [-0.39, 0.29) is 11.6 Å². The smallest absolute Gasteiger partial charge is 0.186 e. The van der Waals surface area contributed by atoms with Gasteiger partial charge in [0.2, 0.25) is 0 Å². The summed E-state index contributed by atoms with van der Waals surface area (Å²) in [6.45, 7) is 0. The van der Waals surface area contributed by atoms with Gasteiger partial charge in [-0.15, -0.1) is 10.2 Å². The Balaban J connectivity index is 0.000000169. The predicted octanol–water partition coefficient (Wildman–Crippen LogP) is 8.03. The highest BCUT2D eigenvalue weighted by Crippen LogP contribution is 2.30. The number of hydrogen-bond donors (Lipinski definition) is 0. The molecule has 5 aromatic rings. The zero-order valence-electron chi connectivity index (χ0n) is 18.3. The molecule has 0 bridgehead atoms. The molecule has 0 saturated carbocycles. The Bertz CT molecular complexity index is 1470. The third-order valence-corrected chi connectivity index (χ3v) is 5.64. The van der Waals surface area contributed by atoms with E-state index in [0.29, 0.717) is 11.1 Å². The molecule has 0 fully saturated rings. The number of carbonyl (C=O) groups is 2. The van der Waals surface area contributed by atoms with E-state index < -0.39 is 0 Å². The molecule has 0 spiro atoms. The summed E-state index contributed by atoms with van der Waals surface area (Å²) in [6, 6.07) is 35.5. The molecule has 0 saturated heterocycles. The molecule has 5 aromatic carbocycles. The van der Waals surface area contributed by atoms with Crippen molar-refractivity contribution in [2.45, 2.75) is 0 Å². The molecule has 0 N–H and O–H groups in total. The fourth-order valence-corrected chi connectivity index (χ4v) is 3.94. The maximum absolute atomic E-state index is 11.2. The number of carbonyl (C=O) groups excluding carboxylic acids is 2. The summed E-state index contributed by atoms with van der Waals surface area (Å²) < 4.78 is 0. The lowest BCUT2D eigenvalue weighted by atomic mass is 9.95. The molecular weight excluding hydrogens is 420 g/mol. The van der Waals surface area contributed by atoms with Gasteiger partial charge in [-0.25, -0.2) is 0 Å². The van der Waals surface area contributed by atoms with E-state index >= 15 is 0 Å². The molecule has 34 heavy (non-hydrogen) atoms. The van der Waals surface area contributed by atoms with Gasteiger partial charge in [-0.05, 0) is 35.1 Å². The fraction of sp³-hybridized carbons (Fsp3) is 0. The zero-order chi connectivity index (χ0) is 23.3. The van der Waals surface area contributed by atoms with E-state index in [0.717, 1.165) is 22.1 Å². The SMILES string of the molecule is O=C1C=CC(=O)c2ccccc21.c1ccc2c(N=Nc3cccc4ccccc34)cccc2c1. The van der Waals surface area contributed by atoms with E-state index in [1.807, 2.05) is 48.5 Å². The molecule has 4 heteroatoms. The molecule has 0 aliphatic heterocycles. The molecule has 162 valence electrons. The molecule has 1 aliphatic rings. The van der Waals surface area contributed by atoms with Crippen LogP contribution in [0.1, 0.15) is 20.7 Å². The first-order valence-electron chi connectivity index (χ1n) is 10.9. The van der Waals surface area contributed by atoms with E-state index in [4.69, 9.17) is 0 Å². The number of rotatable bonds is 2. The number of benzene rings is 5. The number of fused-ring (bicyclic) bond motifs is 3. The minimum absolute atomic E-state index is 0.0924. The van der Waals surface area contributed by atoms with Gasteiger partial charge in [-0.2, -0.15) is 0 Å². The van der Waals surface area contributed by atoms with Gasteiger partial charge in [0.25, 0.3) is 0 Å². The first-order valence-corrected chi connectivity index (χ1v) is 10.9. The van der Waals surface area contributed by atoms with Crippen molar-refractivity contribution in [2.75, 3.05) is 0 Å².